The van der Waals surface area contributed by atoms with Crippen LogP contribution in [0.5, 0.6) is 0 Å². The van der Waals surface area contributed by atoms with E-state index in [0.29, 0.717) is 5.57 Å². The first-order chi connectivity index (χ1) is 33.5. The van der Waals surface area contributed by atoms with Crippen molar-refractivity contribution in [1.29, 1.82) is 0 Å². The van der Waals surface area contributed by atoms with Crippen LogP contribution in [0.2, 0.25) is 0 Å². The quantitative estimate of drug-likeness (QED) is 0.110. The van der Waals surface area contributed by atoms with Gasteiger partial charge in [-0.15, -0.1) is 0 Å². The molecule has 0 unspecified atom stereocenters. The smallest absolute Gasteiger partial charge is 0.187 e. The minimum atomic E-state index is -2.14. The molecule has 23 saturated heterocycles. The SMILES string of the molecule is C=C1CO[C@@H]2[C@@H](OC1)[C@H]1O[C@H]3[C@H](O)[C@@H](O)[C@@H](O[C@H]4[C@H](O)[C@@H](O)[C@@H](O[C@H]5[C@H](O)[C@@H](O)[C@@H](O[C@H]6[C@H](O)[C@@H](O)[C@@H](O[C@H]7[C@H](O)[C@@H](O)[C@@H](O[C@@H]2[C@@H](CO)O1)O[C@@H]7CO)O[C@@H]6CO)O[C@@H]5CO)O[C@@H]4CO)O[C@@H]3CO. The van der Waals surface area contributed by atoms with Crippen molar-refractivity contribution in [2.24, 2.45) is 0 Å². The first-order valence-corrected chi connectivity index (χ1v) is 22.7. The first kappa shape index (κ1) is 54.8. The van der Waals surface area contributed by atoms with Crippen LogP contribution in [0, 0.1) is 0 Å². The molecule has 70 heavy (non-hydrogen) atoms. The number of ether oxygens (including phenoxy) is 14. The van der Waals surface area contributed by atoms with Gasteiger partial charge in [0.2, 0.25) is 0 Å². The van der Waals surface area contributed by atoms with E-state index < -0.39 is 224 Å². The van der Waals surface area contributed by atoms with Crippen LogP contribution in [-0.2, 0) is 66.3 Å². The lowest BCUT2D eigenvalue weighted by Gasteiger charge is -2.51. The van der Waals surface area contributed by atoms with Gasteiger partial charge in [-0.25, -0.2) is 0 Å². The monoisotopic (exact) mass is 1020 g/mol. The predicted octanol–water partition coefficient (Wildman–Crippen LogP) is -11.4. The molecular weight excluding hydrogens is 960 g/mol. The number of aliphatic hydroxyl groups is 16. The zero-order chi connectivity index (χ0) is 50.5. The molecule has 23 fully saturated rings. The summed E-state index contributed by atoms with van der Waals surface area (Å²) in [6, 6.07) is 0. The van der Waals surface area contributed by atoms with Crippen molar-refractivity contribution in [3.05, 3.63) is 12.2 Å². The van der Waals surface area contributed by atoms with Gasteiger partial charge in [0.1, 0.15) is 146 Å². The lowest BCUT2D eigenvalue weighted by molar-refractivity contribution is -0.405. The Hall–Kier alpha value is -1.46. The minimum Gasteiger partial charge on any atom is -0.394 e. The van der Waals surface area contributed by atoms with E-state index in [0.717, 1.165) is 0 Å². The summed E-state index contributed by atoms with van der Waals surface area (Å²) in [6.07, 6.45) is -54.9. The third kappa shape index (κ3) is 10.6. The molecule has 30 nitrogen and oxygen atoms in total. The molecule has 30 atom stereocenters. The van der Waals surface area contributed by atoms with Gasteiger partial charge in [0.15, 0.2) is 37.7 Å². The van der Waals surface area contributed by atoms with Crippen molar-refractivity contribution in [1.82, 2.24) is 0 Å². The van der Waals surface area contributed by atoms with Crippen molar-refractivity contribution in [2.45, 2.75) is 184 Å². The Kier molecular flexibility index (Phi) is 18.2. The van der Waals surface area contributed by atoms with Crippen LogP contribution in [-0.4, -0.2) is 319 Å². The van der Waals surface area contributed by atoms with Crippen molar-refractivity contribution in [3.63, 3.8) is 0 Å². The van der Waals surface area contributed by atoms with Crippen molar-refractivity contribution >= 4 is 0 Å². The molecule has 0 amide bonds. The average molecular weight is 1020 g/mol. The van der Waals surface area contributed by atoms with E-state index in [1.165, 1.54) is 0 Å². The van der Waals surface area contributed by atoms with Crippen LogP contribution in [0.3, 0.4) is 0 Å². The second-order valence-electron chi connectivity index (χ2n) is 18.2. The van der Waals surface area contributed by atoms with Crippen molar-refractivity contribution in [3.8, 4) is 0 Å². The normalized spacial score (nSPS) is 54.0. The Morgan fingerprint density at radius 1 is 0.271 bits per heavy atom. The molecule has 16 N–H and O–H groups in total. The van der Waals surface area contributed by atoms with E-state index in [-0.39, 0.29) is 13.2 Å². The lowest BCUT2D eigenvalue weighted by Crippen LogP contribution is -2.69. The maximum atomic E-state index is 11.5. The highest BCUT2D eigenvalue weighted by atomic mass is 16.8. The van der Waals surface area contributed by atoms with E-state index in [1.54, 1.807) is 0 Å². The molecule has 0 radical (unpaired) electrons. The second kappa shape index (κ2) is 23.2. The summed E-state index contributed by atoms with van der Waals surface area (Å²) in [5, 5.41) is 176. The van der Waals surface area contributed by atoms with E-state index in [1.807, 2.05) is 0 Å². The summed E-state index contributed by atoms with van der Waals surface area (Å²) in [5.74, 6) is 0. The van der Waals surface area contributed by atoms with Crippen LogP contribution in [0.15, 0.2) is 12.2 Å². The Morgan fingerprint density at radius 2 is 0.486 bits per heavy atom. The standard InChI is InChI=1S/C40H64O30/c1-10-8-57-33-32-16(7-46)64-40(34(33)58-9-10)69-31-15(6-45)62-38(25(55)21(31)51)67-29-13(4-43)60-36(23(53)19(29)49)65-27-11(2-41)59-35(22(52)17(27)47)66-28-12(3-42)61-37(24(54)18(28)48)68-30-14(5-44)63-39(70-32)26(56)20(30)50/h11-56H,1-9H2/t11-,12-,13-,14-,15-,16-,17-,18-,19-,20-,21-,22-,23-,24-,25-,26-,27-,28-,29-,30-,31-,32-,33+,34-,35-,36-,37-,38-,39-,40-/m1/s1. The number of hydrogen-bond acceptors (Lipinski definition) is 30. The van der Waals surface area contributed by atoms with Gasteiger partial charge >= 0.3 is 0 Å². The molecule has 0 aliphatic carbocycles. The topological polar surface area (TPSA) is 453 Å². The summed E-state index contributed by atoms with van der Waals surface area (Å²) >= 11 is 0. The fourth-order valence-electron chi connectivity index (χ4n) is 9.73. The highest BCUT2D eigenvalue weighted by molar-refractivity contribution is 5.04. The van der Waals surface area contributed by atoms with E-state index in [9.17, 15) is 81.7 Å². The van der Waals surface area contributed by atoms with E-state index in [2.05, 4.69) is 6.58 Å². The van der Waals surface area contributed by atoms with E-state index >= 15 is 0 Å². The third-order valence-corrected chi connectivity index (χ3v) is 13.6. The zero-order valence-electron chi connectivity index (χ0n) is 37.1. The van der Waals surface area contributed by atoms with Crippen LogP contribution < -0.4 is 0 Å². The number of hydrogen-bond donors (Lipinski definition) is 16. The van der Waals surface area contributed by atoms with Gasteiger partial charge in [-0.05, 0) is 5.57 Å². The molecule has 0 aromatic rings. The molecule has 0 aromatic carbocycles. The largest absolute Gasteiger partial charge is 0.394 e. The highest BCUT2D eigenvalue weighted by Crippen LogP contribution is 2.39. The molecule has 0 spiro atoms. The molecule has 30 heteroatoms. The average Bonchev–Trinajstić information content (AvgIpc) is 3.56. The molecule has 23 rings (SSSR count). The van der Waals surface area contributed by atoms with Gasteiger partial charge < -0.3 is 148 Å². The van der Waals surface area contributed by atoms with Crippen LogP contribution in [0.25, 0.3) is 0 Å². The Bertz CT molecular complexity index is 1680. The molecule has 0 aromatic heterocycles. The summed E-state index contributed by atoms with van der Waals surface area (Å²) in [7, 11) is 0. The summed E-state index contributed by atoms with van der Waals surface area (Å²) in [5.41, 5.74) is 0.399. The summed E-state index contributed by atoms with van der Waals surface area (Å²) < 4.78 is 82.3. The Labute approximate surface area is 397 Å². The molecule has 23 aliphatic rings. The molecule has 23 aliphatic heterocycles. The first-order valence-electron chi connectivity index (χ1n) is 22.7. The van der Waals surface area contributed by atoms with E-state index in [4.69, 9.17) is 66.3 Å². The zero-order valence-corrected chi connectivity index (χ0v) is 37.1. The molecular formula is C40H64O30. The summed E-state index contributed by atoms with van der Waals surface area (Å²) in [4.78, 5) is 0. The third-order valence-electron chi connectivity index (χ3n) is 13.6. The number of aliphatic hydroxyl groups excluding tert-OH is 16. The van der Waals surface area contributed by atoms with Gasteiger partial charge in [-0.2, -0.15) is 0 Å². The predicted molar refractivity (Wildman–Crippen MR) is 212 cm³/mol. The van der Waals surface area contributed by atoms with Gasteiger partial charge in [-0.3, -0.25) is 0 Å². The lowest BCUT2D eigenvalue weighted by atomic mass is 9.94. The molecule has 0 saturated carbocycles. The van der Waals surface area contributed by atoms with Gasteiger partial charge in [0.25, 0.3) is 0 Å². The molecule has 12 bridgehead atoms. The van der Waals surface area contributed by atoms with Gasteiger partial charge in [0, 0.05) is 0 Å². The maximum Gasteiger partial charge on any atom is 0.187 e. The fraction of sp³-hybridized carbons (Fsp3) is 0.950. The van der Waals surface area contributed by atoms with Gasteiger partial charge in [0.05, 0.1) is 52.9 Å². The van der Waals surface area contributed by atoms with Gasteiger partial charge in [-0.1, -0.05) is 6.58 Å². The van der Waals surface area contributed by atoms with Crippen molar-refractivity contribution in [2.75, 3.05) is 52.9 Å². The van der Waals surface area contributed by atoms with Crippen LogP contribution in [0.4, 0.5) is 0 Å². The fourth-order valence-corrected chi connectivity index (χ4v) is 9.73. The minimum absolute atomic E-state index is 0.159. The Morgan fingerprint density at radius 3 is 0.757 bits per heavy atom. The highest BCUT2D eigenvalue weighted by Gasteiger charge is 2.59. The second-order valence-corrected chi connectivity index (χ2v) is 18.2. The number of rotatable bonds is 6. The Balaban J connectivity index is 1.12. The maximum absolute atomic E-state index is 11.5. The molecule has 23 heterocycles. The molecule has 404 valence electrons. The van der Waals surface area contributed by atoms with Crippen LogP contribution >= 0.6 is 0 Å². The summed E-state index contributed by atoms with van der Waals surface area (Å²) in [6.45, 7) is -2.11. The van der Waals surface area contributed by atoms with Crippen molar-refractivity contribution < 1.29 is 148 Å². The van der Waals surface area contributed by atoms with Crippen LogP contribution in [0.1, 0.15) is 0 Å².